The molecule has 2 rings (SSSR count). The smallest absolute Gasteiger partial charge is 0.239 e. The number of rotatable bonds is 5. The number of aryl methyl sites for hydroxylation is 1. The van der Waals surface area contributed by atoms with Gasteiger partial charge in [-0.15, -0.1) is 0 Å². The maximum atomic E-state index is 12.0. The van der Waals surface area contributed by atoms with Gasteiger partial charge in [-0.05, 0) is 31.4 Å². The van der Waals surface area contributed by atoms with E-state index in [0.29, 0.717) is 17.8 Å². The Bertz CT molecular complexity index is 701. The number of nitrogens with one attached hydrogen (secondary N) is 1. The van der Waals surface area contributed by atoms with Crippen LogP contribution in [0.4, 0.5) is 0 Å². The SMILES string of the molecule is Cc1ccc2c(c1)c(=O)ccn2CC(=O)NCCC(C)C. The average Bonchev–Trinajstić information content (AvgIpc) is 2.42. The largest absolute Gasteiger partial charge is 0.355 e. The molecule has 0 radical (unpaired) electrons. The van der Waals surface area contributed by atoms with E-state index in [1.807, 2.05) is 29.7 Å². The van der Waals surface area contributed by atoms with Crippen molar-refractivity contribution < 1.29 is 4.79 Å². The number of hydrogen-bond donors (Lipinski definition) is 1. The zero-order chi connectivity index (χ0) is 15.4. The van der Waals surface area contributed by atoms with E-state index in [2.05, 4.69) is 19.2 Å². The minimum absolute atomic E-state index is 0.00911. The van der Waals surface area contributed by atoms with Crippen LogP contribution in [-0.2, 0) is 11.3 Å². The van der Waals surface area contributed by atoms with Crippen LogP contribution in [-0.4, -0.2) is 17.0 Å². The summed E-state index contributed by atoms with van der Waals surface area (Å²) in [5, 5.41) is 3.57. The zero-order valence-electron chi connectivity index (χ0n) is 12.8. The lowest BCUT2D eigenvalue weighted by molar-refractivity contribution is -0.121. The summed E-state index contributed by atoms with van der Waals surface area (Å²) in [6, 6.07) is 7.23. The van der Waals surface area contributed by atoms with Crippen molar-refractivity contribution in [1.29, 1.82) is 0 Å². The van der Waals surface area contributed by atoms with E-state index in [1.165, 1.54) is 6.07 Å². The van der Waals surface area contributed by atoms with Crippen LogP contribution >= 0.6 is 0 Å². The molecule has 1 heterocycles. The van der Waals surface area contributed by atoms with E-state index in [-0.39, 0.29) is 17.9 Å². The van der Waals surface area contributed by atoms with E-state index in [4.69, 9.17) is 0 Å². The van der Waals surface area contributed by atoms with Crippen LogP contribution in [0, 0.1) is 12.8 Å². The van der Waals surface area contributed by atoms with Crippen LogP contribution in [0.3, 0.4) is 0 Å². The number of aromatic nitrogens is 1. The van der Waals surface area contributed by atoms with Crippen molar-refractivity contribution in [3.8, 4) is 0 Å². The van der Waals surface area contributed by atoms with Crippen LogP contribution in [0.5, 0.6) is 0 Å². The second kappa shape index (κ2) is 6.57. The first kappa shape index (κ1) is 15.3. The highest BCUT2D eigenvalue weighted by atomic mass is 16.2. The predicted octanol–water partition coefficient (Wildman–Crippen LogP) is 2.47. The summed E-state index contributed by atoms with van der Waals surface area (Å²) in [5.74, 6) is 0.544. The summed E-state index contributed by atoms with van der Waals surface area (Å²) in [5.41, 5.74) is 1.83. The maximum Gasteiger partial charge on any atom is 0.239 e. The van der Waals surface area contributed by atoms with Gasteiger partial charge in [0.25, 0.3) is 0 Å². The summed E-state index contributed by atoms with van der Waals surface area (Å²) in [6.45, 7) is 7.13. The lowest BCUT2D eigenvalue weighted by Gasteiger charge is -2.12. The van der Waals surface area contributed by atoms with Gasteiger partial charge in [0.05, 0.1) is 5.52 Å². The highest BCUT2D eigenvalue weighted by Crippen LogP contribution is 2.12. The first-order valence-electron chi connectivity index (χ1n) is 7.34. The lowest BCUT2D eigenvalue weighted by Crippen LogP contribution is -2.29. The second-order valence-electron chi connectivity index (χ2n) is 5.86. The first-order chi connectivity index (χ1) is 9.97. The van der Waals surface area contributed by atoms with E-state index in [0.717, 1.165) is 17.5 Å². The number of benzene rings is 1. The topological polar surface area (TPSA) is 51.1 Å². The molecule has 0 spiro atoms. The Morgan fingerprint density at radius 2 is 2.05 bits per heavy atom. The summed E-state index contributed by atoms with van der Waals surface area (Å²) in [4.78, 5) is 23.9. The Hall–Kier alpha value is -2.10. The molecular formula is C17H22N2O2. The van der Waals surface area contributed by atoms with E-state index >= 15 is 0 Å². The van der Waals surface area contributed by atoms with Gasteiger partial charge < -0.3 is 9.88 Å². The van der Waals surface area contributed by atoms with E-state index in [1.54, 1.807) is 6.20 Å². The number of fused-ring (bicyclic) bond motifs is 1. The minimum atomic E-state index is -0.0267. The van der Waals surface area contributed by atoms with Crippen molar-refractivity contribution in [3.05, 3.63) is 46.2 Å². The molecule has 0 aliphatic carbocycles. The molecule has 2 aromatic rings. The van der Waals surface area contributed by atoms with E-state index < -0.39 is 0 Å². The second-order valence-corrected chi connectivity index (χ2v) is 5.86. The summed E-state index contributed by atoms with van der Waals surface area (Å²) in [6.07, 6.45) is 2.65. The molecule has 0 unspecified atom stereocenters. The Kier molecular flexibility index (Phi) is 4.78. The summed E-state index contributed by atoms with van der Waals surface area (Å²) < 4.78 is 1.82. The third-order valence-electron chi connectivity index (χ3n) is 3.49. The van der Waals surface area contributed by atoms with Gasteiger partial charge in [-0.2, -0.15) is 0 Å². The zero-order valence-corrected chi connectivity index (χ0v) is 12.8. The molecule has 0 aliphatic rings. The van der Waals surface area contributed by atoms with Crippen molar-refractivity contribution in [3.63, 3.8) is 0 Å². The molecule has 21 heavy (non-hydrogen) atoms. The summed E-state index contributed by atoms with van der Waals surface area (Å²) >= 11 is 0. The Labute approximate surface area is 124 Å². The molecule has 0 fully saturated rings. The molecule has 112 valence electrons. The average molecular weight is 286 g/mol. The number of carbonyl (C=O) groups excluding carboxylic acids is 1. The third kappa shape index (κ3) is 3.94. The highest BCUT2D eigenvalue weighted by Gasteiger charge is 2.07. The van der Waals surface area contributed by atoms with Gasteiger partial charge in [-0.1, -0.05) is 25.5 Å². The lowest BCUT2D eigenvalue weighted by atomic mass is 10.1. The van der Waals surface area contributed by atoms with Crippen LogP contribution in [0.15, 0.2) is 35.3 Å². The molecule has 0 saturated carbocycles. The highest BCUT2D eigenvalue weighted by molar-refractivity contribution is 5.82. The van der Waals surface area contributed by atoms with Gasteiger partial charge in [-0.25, -0.2) is 0 Å². The number of nitrogens with zero attached hydrogens (tertiary/aromatic N) is 1. The quantitative estimate of drug-likeness (QED) is 0.918. The van der Waals surface area contributed by atoms with Crippen LogP contribution in [0.1, 0.15) is 25.8 Å². The van der Waals surface area contributed by atoms with Crippen molar-refractivity contribution in [1.82, 2.24) is 9.88 Å². The molecule has 1 N–H and O–H groups in total. The molecule has 4 heteroatoms. The van der Waals surface area contributed by atoms with Gasteiger partial charge in [0.15, 0.2) is 5.43 Å². The summed E-state index contributed by atoms with van der Waals surface area (Å²) in [7, 11) is 0. The van der Waals surface area contributed by atoms with Crippen molar-refractivity contribution in [2.45, 2.75) is 33.7 Å². The molecule has 0 saturated heterocycles. The van der Waals surface area contributed by atoms with Crippen molar-refractivity contribution in [2.24, 2.45) is 5.92 Å². The number of hydrogen-bond acceptors (Lipinski definition) is 2. The van der Waals surface area contributed by atoms with Crippen molar-refractivity contribution >= 4 is 16.8 Å². The van der Waals surface area contributed by atoms with Crippen LogP contribution in [0.2, 0.25) is 0 Å². The number of pyridine rings is 1. The minimum Gasteiger partial charge on any atom is -0.355 e. The Morgan fingerprint density at radius 3 is 2.76 bits per heavy atom. The number of amides is 1. The molecule has 0 aliphatic heterocycles. The molecule has 1 aromatic carbocycles. The first-order valence-corrected chi connectivity index (χ1v) is 7.34. The maximum absolute atomic E-state index is 12.0. The molecular weight excluding hydrogens is 264 g/mol. The monoisotopic (exact) mass is 286 g/mol. The van der Waals surface area contributed by atoms with E-state index in [9.17, 15) is 9.59 Å². The molecule has 0 bridgehead atoms. The Balaban J connectivity index is 2.17. The molecule has 1 amide bonds. The fraction of sp³-hybridized carbons (Fsp3) is 0.412. The van der Waals surface area contributed by atoms with Crippen LogP contribution in [0.25, 0.3) is 10.9 Å². The van der Waals surface area contributed by atoms with Gasteiger partial charge in [0, 0.05) is 24.2 Å². The third-order valence-corrected chi connectivity index (χ3v) is 3.49. The normalized spacial score (nSPS) is 11.0. The number of carbonyl (C=O) groups is 1. The van der Waals surface area contributed by atoms with Gasteiger partial charge in [-0.3, -0.25) is 9.59 Å². The predicted molar refractivity (Wildman–Crippen MR) is 85.4 cm³/mol. The molecule has 0 atom stereocenters. The standard InChI is InChI=1S/C17H22N2O2/c1-12(2)6-8-18-17(21)11-19-9-7-16(20)14-10-13(3)4-5-15(14)19/h4-5,7,9-10,12H,6,8,11H2,1-3H3,(H,18,21). The molecule has 4 nitrogen and oxygen atoms in total. The van der Waals surface area contributed by atoms with Gasteiger partial charge in [0.2, 0.25) is 5.91 Å². The fourth-order valence-electron chi connectivity index (χ4n) is 2.27. The molecule has 1 aromatic heterocycles. The van der Waals surface area contributed by atoms with Gasteiger partial charge in [0.1, 0.15) is 6.54 Å². The fourth-order valence-corrected chi connectivity index (χ4v) is 2.27. The van der Waals surface area contributed by atoms with Crippen LogP contribution < -0.4 is 10.7 Å². The van der Waals surface area contributed by atoms with Crippen molar-refractivity contribution in [2.75, 3.05) is 6.54 Å². The Morgan fingerprint density at radius 1 is 1.29 bits per heavy atom. The van der Waals surface area contributed by atoms with Gasteiger partial charge >= 0.3 is 0 Å².